The van der Waals surface area contributed by atoms with Crippen LogP contribution in [-0.4, -0.2) is 23.7 Å². The van der Waals surface area contributed by atoms with Gasteiger partial charge in [-0.2, -0.15) is 5.10 Å². The van der Waals surface area contributed by atoms with E-state index in [0.717, 1.165) is 22.1 Å². The number of benzene rings is 3. The summed E-state index contributed by atoms with van der Waals surface area (Å²) in [4.78, 5) is 17.1. The Hall–Kier alpha value is -4.12. The van der Waals surface area contributed by atoms with Crippen LogP contribution in [0.5, 0.6) is 5.75 Å². The second-order valence-electron chi connectivity index (χ2n) is 6.98. The molecule has 0 spiro atoms. The van der Waals surface area contributed by atoms with Crippen molar-refractivity contribution in [1.29, 1.82) is 0 Å². The summed E-state index contributed by atoms with van der Waals surface area (Å²) in [7, 11) is 0. The molecule has 0 bridgehead atoms. The van der Waals surface area contributed by atoms with Crippen molar-refractivity contribution < 1.29 is 9.53 Å². The maximum Gasteiger partial charge on any atom is 0.271 e. The van der Waals surface area contributed by atoms with Crippen molar-refractivity contribution in [1.82, 2.24) is 10.4 Å². The first-order chi connectivity index (χ1) is 16.6. The predicted octanol–water partition coefficient (Wildman–Crippen LogP) is 5.98. The van der Waals surface area contributed by atoms with Crippen molar-refractivity contribution in [3.8, 4) is 29.4 Å². The number of para-hydroxylation sites is 1. The number of nitrogens with zero attached hydrogens (tertiary/aromatic N) is 2. The molecule has 1 amide bonds. The van der Waals surface area contributed by atoms with E-state index in [0.29, 0.717) is 21.9 Å². The highest BCUT2D eigenvalue weighted by Crippen LogP contribution is 2.27. The zero-order valence-corrected chi connectivity index (χ0v) is 19.4. The van der Waals surface area contributed by atoms with Gasteiger partial charge < -0.3 is 10.1 Å². The Bertz CT molecular complexity index is 1350. The molecule has 168 valence electrons. The zero-order chi connectivity index (χ0) is 23.8. The van der Waals surface area contributed by atoms with Gasteiger partial charge in [-0.25, -0.2) is 10.4 Å². The number of hydrazone groups is 1. The van der Waals surface area contributed by atoms with Crippen LogP contribution >= 0.6 is 22.9 Å². The smallest absolute Gasteiger partial charge is 0.271 e. The van der Waals surface area contributed by atoms with Gasteiger partial charge in [0, 0.05) is 32.8 Å². The molecule has 0 saturated heterocycles. The average Bonchev–Trinajstić information content (AvgIpc) is 3.32. The molecule has 0 radical (unpaired) electrons. The summed E-state index contributed by atoms with van der Waals surface area (Å²) in [6.45, 7) is 0.115. The van der Waals surface area contributed by atoms with Gasteiger partial charge in [-0.3, -0.25) is 4.79 Å². The average molecular weight is 487 g/mol. The van der Waals surface area contributed by atoms with E-state index in [9.17, 15) is 4.79 Å². The van der Waals surface area contributed by atoms with E-state index in [-0.39, 0.29) is 12.5 Å². The largest absolute Gasteiger partial charge is 0.480 e. The van der Waals surface area contributed by atoms with Gasteiger partial charge in [-0.1, -0.05) is 47.9 Å². The highest BCUT2D eigenvalue weighted by molar-refractivity contribution is 7.14. The third kappa shape index (κ3) is 6.01. The number of carbonyl (C=O) groups excluding carboxylic acids is 1. The third-order valence-corrected chi connectivity index (χ3v) is 5.62. The van der Waals surface area contributed by atoms with Crippen LogP contribution < -0.4 is 15.5 Å². The lowest BCUT2D eigenvalue weighted by atomic mass is 10.1. The third-order valence-electron chi connectivity index (χ3n) is 4.62. The normalized spacial score (nSPS) is 10.6. The fraction of sp³-hybridized carbons (Fsp3) is 0.0385. The number of halogens is 1. The van der Waals surface area contributed by atoms with Crippen LogP contribution in [0.2, 0.25) is 5.02 Å². The van der Waals surface area contributed by atoms with E-state index in [1.807, 2.05) is 47.8 Å². The number of ether oxygens (including phenoxy) is 1. The summed E-state index contributed by atoms with van der Waals surface area (Å²) in [5.74, 6) is 2.58. The molecule has 0 saturated carbocycles. The monoisotopic (exact) mass is 486 g/mol. The Morgan fingerprint density at radius 2 is 1.94 bits per heavy atom. The Balaban J connectivity index is 1.39. The van der Waals surface area contributed by atoms with E-state index in [1.165, 1.54) is 17.6 Å². The van der Waals surface area contributed by atoms with E-state index < -0.39 is 0 Å². The number of thiazole rings is 1. The molecular formula is C26H19ClN4O2S. The maximum atomic E-state index is 12.5. The number of aromatic nitrogens is 1. The fourth-order valence-electron chi connectivity index (χ4n) is 3.00. The summed E-state index contributed by atoms with van der Waals surface area (Å²) in [5.41, 5.74) is 6.29. The van der Waals surface area contributed by atoms with E-state index >= 15 is 0 Å². The van der Waals surface area contributed by atoms with Crippen LogP contribution in [0.4, 0.5) is 10.8 Å². The Labute approximate surface area is 206 Å². The lowest BCUT2D eigenvalue weighted by Crippen LogP contribution is -2.17. The van der Waals surface area contributed by atoms with Crippen LogP contribution in [0.3, 0.4) is 0 Å². The number of amides is 1. The first-order valence-corrected chi connectivity index (χ1v) is 11.5. The van der Waals surface area contributed by atoms with Crippen LogP contribution in [0.25, 0.3) is 11.3 Å². The molecule has 3 aromatic carbocycles. The van der Waals surface area contributed by atoms with Crippen molar-refractivity contribution in [2.24, 2.45) is 5.10 Å². The van der Waals surface area contributed by atoms with Gasteiger partial charge in [0.15, 0.2) is 5.13 Å². The van der Waals surface area contributed by atoms with E-state index in [2.05, 4.69) is 26.7 Å². The van der Waals surface area contributed by atoms with Crippen molar-refractivity contribution in [3.63, 3.8) is 0 Å². The van der Waals surface area contributed by atoms with Gasteiger partial charge in [0.2, 0.25) is 0 Å². The molecule has 6 nitrogen and oxygen atoms in total. The van der Waals surface area contributed by atoms with E-state index in [4.69, 9.17) is 22.8 Å². The molecule has 0 unspecified atom stereocenters. The molecular weight excluding hydrogens is 468 g/mol. The quantitative estimate of drug-likeness (QED) is 0.182. The standard InChI is InChI=1S/C26H19ClN4O2S/c1-2-14-33-24-13-12-21(27)15-20(24)16-28-31-25(32)19-10-8-18(9-11-19)23-17-34-26(30-23)29-22-6-4-3-5-7-22/h1,3-13,15-17H,14H2,(H,29,30)(H,31,32)/b28-16-. The number of nitrogens with one attached hydrogen (secondary N) is 2. The predicted molar refractivity (Wildman–Crippen MR) is 138 cm³/mol. The zero-order valence-electron chi connectivity index (χ0n) is 17.9. The fourth-order valence-corrected chi connectivity index (χ4v) is 3.92. The van der Waals surface area contributed by atoms with Gasteiger partial charge in [0.25, 0.3) is 5.91 Å². The molecule has 34 heavy (non-hydrogen) atoms. The summed E-state index contributed by atoms with van der Waals surface area (Å²) in [5, 5.41) is 10.6. The van der Waals surface area contributed by atoms with Crippen LogP contribution in [-0.2, 0) is 0 Å². The second-order valence-corrected chi connectivity index (χ2v) is 8.27. The summed E-state index contributed by atoms with van der Waals surface area (Å²) in [6.07, 6.45) is 6.70. The van der Waals surface area contributed by atoms with Gasteiger partial charge in [0.05, 0.1) is 11.9 Å². The first kappa shape index (κ1) is 23.1. The Morgan fingerprint density at radius 3 is 2.71 bits per heavy atom. The number of rotatable bonds is 8. The van der Waals surface area contributed by atoms with Crippen LogP contribution in [0.1, 0.15) is 15.9 Å². The molecule has 8 heteroatoms. The first-order valence-electron chi connectivity index (χ1n) is 10.2. The Kier molecular flexibility index (Phi) is 7.56. The van der Waals surface area contributed by atoms with Gasteiger partial charge >= 0.3 is 0 Å². The SMILES string of the molecule is C#CCOc1ccc(Cl)cc1/C=N\NC(=O)c1ccc(-c2csc(Nc3ccccc3)n2)cc1. The van der Waals surface area contributed by atoms with Crippen molar-refractivity contribution >= 4 is 45.9 Å². The minimum absolute atomic E-state index is 0.115. The highest BCUT2D eigenvalue weighted by atomic mass is 35.5. The molecule has 1 aromatic heterocycles. The number of hydrogen-bond acceptors (Lipinski definition) is 6. The molecule has 4 aromatic rings. The molecule has 0 fully saturated rings. The summed E-state index contributed by atoms with van der Waals surface area (Å²) in [6, 6.07) is 22.1. The lowest BCUT2D eigenvalue weighted by Gasteiger charge is -2.06. The number of carbonyl (C=O) groups is 1. The minimum Gasteiger partial charge on any atom is -0.480 e. The maximum absolute atomic E-state index is 12.5. The molecule has 2 N–H and O–H groups in total. The molecule has 0 aliphatic rings. The van der Waals surface area contributed by atoms with Crippen LogP contribution in [0.15, 0.2) is 83.3 Å². The topological polar surface area (TPSA) is 75.6 Å². The van der Waals surface area contributed by atoms with Crippen molar-refractivity contribution in [3.05, 3.63) is 94.3 Å². The van der Waals surface area contributed by atoms with Crippen molar-refractivity contribution in [2.45, 2.75) is 0 Å². The highest BCUT2D eigenvalue weighted by Gasteiger charge is 2.09. The molecule has 4 rings (SSSR count). The second kappa shape index (κ2) is 11.1. The van der Waals surface area contributed by atoms with Crippen molar-refractivity contribution in [2.75, 3.05) is 11.9 Å². The molecule has 0 atom stereocenters. The van der Waals surface area contributed by atoms with Gasteiger partial charge in [0.1, 0.15) is 12.4 Å². The van der Waals surface area contributed by atoms with Crippen LogP contribution in [0, 0.1) is 12.3 Å². The Morgan fingerprint density at radius 1 is 1.15 bits per heavy atom. The summed E-state index contributed by atoms with van der Waals surface area (Å²) >= 11 is 7.56. The van der Waals surface area contributed by atoms with Gasteiger partial charge in [-0.15, -0.1) is 17.8 Å². The van der Waals surface area contributed by atoms with Gasteiger partial charge in [-0.05, 0) is 42.5 Å². The lowest BCUT2D eigenvalue weighted by molar-refractivity contribution is 0.0955. The number of terminal acetylenes is 1. The number of hydrogen-bond donors (Lipinski definition) is 2. The number of anilines is 2. The molecule has 0 aliphatic carbocycles. The molecule has 0 aliphatic heterocycles. The minimum atomic E-state index is -0.347. The van der Waals surface area contributed by atoms with E-state index in [1.54, 1.807) is 30.3 Å². The summed E-state index contributed by atoms with van der Waals surface area (Å²) < 4.78 is 5.47. The molecule has 1 heterocycles.